The van der Waals surface area contributed by atoms with Crippen molar-refractivity contribution in [2.24, 2.45) is 16.2 Å². The molecule has 3 aromatic heterocycles. The summed E-state index contributed by atoms with van der Waals surface area (Å²) in [6.45, 7) is 6.25. The molecule has 128 heavy (non-hydrogen) atoms. The van der Waals surface area contributed by atoms with Gasteiger partial charge in [0.05, 0.1) is 75.8 Å². The molecule has 18 rings (SSSR count). The van der Waals surface area contributed by atoms with Gasteiger partial charge in [0.25, 0.3) is 0 Å². The molecule has 0 radical (unpaired) electrons. The van der Waals surface area contributed by atoms with Crippen molar-refractivity contribution >= 4 is 124 Å². The van der Waals surface area contributed by atoms with E-state index in [1.807, 2.05) is 52.9 Å². The van der Waals surface area contributed by atoms with Crippen LogP contribution in [0.15, 0.2) is 217 Å². The molecular weight excluding hydrogens is 1940 g/mol. The Morgan fingerprint density at radius 1 is 0.383 bits per heavy atom. The lowest BCUT2D eigenvalue weighted by Gasteiger charge is -2.42. The average molecular weight is 2030 g/mol. The highest BCUT2D eigenvalue weighted by Crippen LogP contribution is 2.59. The van der Waals surface area contributed by atoms with Crippen molar-refractivity contribution in [3.63, 3.8) is 0 Å². The number of benzene rings is 9. The van der Waals surface area contributed by atoms with Crippen molar-refractivity contribution in [1.82, 2.24) is 29.3 Å². The van der Waals surface area contributed by atoms with E-state index in [-0.39, 0.29) is 33.8 Å². The summed E-state index contributed by atoms with van der Waals surface area (Å²) in [6, 6.07) is 43.6. The van der Waals surface area contributed by atoms with Gasteiger partial charge in [0, 0.05) is 77.6 Å². The molecule has 3 saturated carbocycles. The van der Waals surface area contributed by atoms with E-state index in [1.54, 1.807) is 59.4 Å². The number of carbonyl (C=O) groups excluding carboxylic acids is 1. The molecule has 3 N–H and O–H groups in total. The van der Waals surface area contributed by atoms with Crippen LogP contribution in [0.25, 0.3) is 35.3 Å². The number of hydrogen-bond acceptors (Lipinski definition) is 7. The van der Waals surface area contributed by atoms with E-state index >= 15 is 0 Å². The number of nitrogens with zero attached hydrogens (tertiary/aromatic N) is 6. The summed E-state index contributed by atoms with van der Waals surface area (Å²) in [5.74, 6) is -6.33. The van der Waals surface area contributed by atoms with Crippen molar-refractivity contribution in [3.05, 3.63) is 369 Å². The summed E-state index contributed by atoms with van der Waals surface area (Å²) in [5.41, 5.74) is 12.9. The van der Waals surface area contributed by atoms with Crippen LogP contribution in [0, 0.1) is 80.2 Å². The quantitative estimate of drug-likeness (QED) is 0.0603. The number of aryl methyl sites for hydroxylation is 5. The highest BCUT2D eigenvalue weighted by Gasteiger charge is 2.56. The molecule has 0 bridgehead atoms. The molecule has 670 valence electrons. The summed E-state index contributed by atoms with van der Waals surface area (Å²) in [5, 5.41) is 50.2. The van der Waals surface area contributed by atoms with Crippen molar-refractivity contribution in [3.8, 4) is 17.1 Å². The van der Waals surface area contributed by atoms with Crippen LogP contribution >= 0.6 is 94.2 Å². The molecule has 3 heterocycles. The summed E-state index contributed by atoms with van der Waals surface area (Å²) in [7, 11) is 0. The zero-order chi connectivity index (χ0) is 92.2. The SMILES string of the molecule is C[C@]12Cc3cnn(-c4ccc(F)cc4)c3C=C1CCC2=O.C[C@]12Cc3cnn(-c4ccc(F)cc4)c3C=C1CC[C@@]2(O)CCc1ccc(Cl)cc1Cl.C[C@]12Cc3cnn(-c4ccc(F)cc4)c3C=C1CC[C@@]2(O)CCc1ccc(F)cc1F.Clc1ccc(CCBr)c(Cl)c1.Fc1ccc(CCBr)c(F)c1.Fc1ccc(CCBr)c(F)c1.O=C(O)Cc1ccc(F)cc1F. The number of alkyl halides is 3. The standard InChI is InChI=1S/C25H23Cl2FN2O.C25H23F3N2O.C17H15FN2O.C8H7BrCl2.2C8H7BrF2.C8H6F2O2/c1-24-14-17-15-29-30(21-6-4-20(28)5-7-21)23(17)12-18(24)9-11-25(24,31)10-8-16-2-3-19(26)13-22(16)27;1-24-14-17-15-29-30(21-6-4-19(26)5-7-21)23(17)12-18(24)9-11-25(24,31)10-8-16-2-3-20(27)13-22(16)28;1-17-9-11-10-19-20(14-5-3-13(18)4-6-14)15(11)8-12(17)2-7-16(17)21;3*9-4-3-6-1-2-7(10)5-8(6)11;9-6-2-1-5(3-8(11)12)7(10)4-6/h2*2-7,12-13,15,31H,8-11,14H2,1H3;3-6,8,10H,2,7,9H2,1H3;3*1-2,5H,3-4H2;1-2,4H,3H2,(H,11,12)/t2*24-,25-;17-;;;;/m000..../s1. The van der Waals surface area contributed by atoms with Crippen LogP contribution in [0.5, 0.6) is 0 Å². The van der Waals surface area contributed by atoms with Gasteiger partial charge in [-0.1, -0.05) is 161 Å². The molecule has 6 aliphatic rings. The topological polar surface area (TPSA) is 148 Å². The third-order valence-electron chi connectivity index (χ3n) is 24.6. The maximum absolute atomic E-state index is 14.1. The molecule has 0 amide bonds. The maximum Gasteiger partial charge on any atom is 0.307 e. The first-order valence-corrected chi connectivity index (χ1v) is 46.0. The lowest BCUT2D eigenvalue weighted by Crippen LogP contribution is -2.45. The second kappa shape index (κ2) is 42.7. The number of carboxylic acid groups (broad SMARTS) is 1. The first-order valence-electron chi connectivity index (χ1n) is 41.1. The van der Waals surface area contributed by atoms with E-state index in [1.165, 1.54) is 83.9 Å². The van der Waals surface area contributed by atoms with Crippen LogP contribution in [-0.2, 0) is 67.4 Å². The van der Waals surface area contributed by atoms with E-state index in [9.17, 15) is 68.1 Å². The minimum atomic E-state index is -1.14. The number of aliphatic hydroxyl groups is 2. The molecule has 0 unspecified atom stereocenters. The molecule has 29 heteroatoms. The first-order chi connectivity index (χ1) is 61.0. The number of fused-ring (bicyclic) bond motifs is 6. The molecule has 6 aliphatic carbocycles. The number of allylic oxidation sites excluding steroid dienone is 1. The van der Waals surface area contributed by atoms with Crippen LogP contribution in [0.3, 0.4) is 0 Å². The molecule has 0 spiro atoms. The second-order valence-electron chi connectivity index (χ2n) is 32.7. The Morgan fingerprint density at radius 3 is 1.03 bits per heavy atom. The third-order valence-corrected chi connectivity index (χ3v) is 27.0. The average Bonchev–Trinajstić information content (AvgIpc) is 1.58. The van der Waals surface area contributed by atoms with Crippen LogP contribution in [0.4, 0.5) is 48.3 Å². The van der Waals surface area contributed by atoms with Gasteiger partial charge in [0.1, 0.15) is 69.8 Å². The van der Waals surface area contributed by atoms with Crippen molar-refractivity contribution in [1.29, 1.82) is 0 Å². The largest absolute Gasteiger partial charge is 0.481 e. The number of aliphatic carboxylic acids is 1. The number of carboxylic acids is 1. The summed E-state index contributed by atoms with van der Waals surface area (Å²) >= 11 is 33.7. The number of hydrogen-bond donors (Lipinski definition) is 3. The zero-order valence-corrected chi connectivity index (χ0v) is 77.4. The Morgan fingerprint density at radius 2 is 0.688 bits per heavy atom. The molecule has 0 aliphatic heterocycles. The highest BCUT2D eigenvalue weighted by molar-refractivity contribution is 9.09. The molecule has 11 nitrogen and oxygen atoms in total. The van der Waals surface area contributed by atoms with Crippen LogP contribution in [0.2, 0.25) is 20.1 Å². The van der Waals surface area contributed by atoms with E-state index in [4.69, 9.17) is 51.5 Å². The number of aromatic nitrogens is 6. The second-order valence-corrected chi connectivity index (χ2v) is 36.7. The van der Waals surface area contributed by atoms with E-state index in [0.717, 1.165) is 147 Å². The number of ketones is 1. The molecule has 0 saturated heterocycles. The molecule has 12 aromatic rings. The van der Waals surface area contributed by atoms with Gasteiger partial charge in [0.2, 0.25) is 0 Å². The number of rotatable bonds is 17. The first kappa shape index (κ1) is 97.8. The zero-order valence-electron chi connectivity index (χ0n) is 69.6. The molecule has 5 atom stereocenters. The summed E-state index contributed by atoms with van der Waals surface area (Å²) < 4.78 is 148. The minimum absolute atomic E-state index is 0.0103. The van der Waals surface area contributed by atoms with Crippen molar-refractivity contribution < 1.29 is 73.2 Å². The molecule has 3 fully saturated rings. The van der Waals surface area contributed by atoms with Crippen molar-refractivity contribution in [2.45, 2.75) is 141 Å². The molecule has 9 aromatic carbocycles. The normalized spacial score (nSPS) is 19.3. The summed E-state index contributed by atoms with van der Waals surface area (Å²) in [6.07, 6.45) is 22.0. The van der Waals surface area contributed by atoms with E-state index in [0.29, 0.717) is 118 Å². The fourth-order valence-electron chi connectivity index (χ4n) is 17.1. The fraction of sp³-hybridized carbons (Fsp3) is 0.283. The molecular formula is C99H88Br3Cl4F11N6O5. The number of halogens is 18. The smallest absolute Gasteiger partial charge is 0.307 e. The highest BCUT2D eigenvalue weighted by atomic mass is 79.9. The van der Waals surface area contributed by atoms with Crippen LogP contribution < -0.4 is 0 Å². The van der Waals surface area contributed by atoms with Gasteiger partial charge < -0.3 is 15.3 Å². The van der Waals surface area contributed by atoms with Crippen LogP contribution in [-0.4, -0.2) is 83.6 Å². The van der Waals surface area contributed by atoms with E-state index < -0.39 is 75.5 Å². The monoisotopic (exact) mass is 2030 g/mol. The third kappa shape index (κ3) is 23.0. The number of carbonyl (C=O) groups is 2. The Kier molecular flexibility index (Phi) is 32.6. The van der Waals surface area contributed by atoms with Gasteiger partial charge in [-0.15, -0.1) is 0 Å². The van der Waals surface area contributed by atoms with Crippen LogP contribution in [0.1, 0.15) is 139 Å². The van der Waals surface area contributed by atoms with E-state index in [2.05, 4.69) is 95.2 Å². The predicted molar refractivity (Wildman–Crippen MR) is 491 cm³/mol. The lowest BCUT2D eigenvalue weighted by molar-refractivity contribution is -0.136. The summed E-state index contributed by atoms with van der Waals surface area (Å²) in [4.78, 5) is 22.3. The number of Topliss-reactive ketones (excluding diaryl/α,β-unsaturated/α-hetero) is 1. The van der Waals surface area contributed by atoms with Gasteiger partial charge in [-0.2, -0.15) is 15.3 Å². The Hall–Kier alpha value is -9.28. The predicted octanol–water partition coefficient (Wildman–Crippen LogP) is 26.5. The minimum Gasteiger partial charge on any atom is -0.481 e. The Labute approximate surface area is 779 Å². The van der Waals surface area contributed by atoms with Gasteiger partial charge in [-0.25, -0.2) is 62.3 Å². The van der Waals surface area contributed by atoms with Gasteiger partial charge in [-0.05, 0) is 293 Å². The van der Waals surface area contributed by atoms with Gasteiger partial charge in [-0.3, -0.25) is 9.59 Å². The lowest BCUT2D eigenvalue weighted by atomic mass is 9.65. The fourth-order valence-corrected chi connectivity index (χ4v) is 19.4. The Balaban J connectivity index is 0.000000142. The van der Waals surface area contributed by atoms with Crippen molar-refractivity contribution in [2.75, 3.05) is 16.0 Å². The van der Waals surface area contributed by atoms with Gasteiger partial charge in [0.15, 0.2) is 0 Å². The van der Waals surface area contributed by atoms with Gasteiger partial charge >= 0.3 is 5.97 Å². The maximum atomic E-state index is 14.1. The Bertz CT molecular complexity index is 5800.